The van der Waals surface area contributed by atoms with Gasteiger partial charge >= 0.3 is 0 Å². The molecular formula is C16H24N4S. The summed E-state index contributed by atoms with van der Waals surface area (Å²) >= 11 is 1.82. The molecule has 0 saturated carbocycles. The van der Waals surface area contributed by atoms with Crippen LogP contribution in [-0.4, -0.2) is 16.5 Å². The van der Waals surface area contributed by atoms with E-state index in [0.717, 1.165) is 49.0 Å². The molecule has 4 nitrogen and oxygen atoms in total. The molecule has 0 amide bonds. The van der Waals surface area contributed by atoms with E-state index in [1.165, 1.54) is 9.75 Å². The Morgan fingerprint density at radius 1 is 1.05 bits per heavy atom. The zero-order chi connectivity index (χ0) is 15.2. The summed E-state index contributed by atoms with van der Waals surface area (Å²) < 4.78 is 0. The Morgan fingerprint density at radius 2 is 1.76 bits per heavy atom. The summed E-state index contributed by atoms with van der Waals surface area (Å²) in [7, 11) is 0. The first kappa shape index (κ1) is 15.8. The molecule has 0 aliphatic rings. The van der Waals surface area contributed by atoms with Gasteiger partial charge in [0.2, 0.25) is 0 Å². The highest BCUT2D eigenvalue weighted by Crippen LogP contribution is 2.22. The molecule has 5 heteroatoms. The van der Waals surface area contributed by atoms with Crippen LogP contribution >= 0.6 is 11.3 Å². The standard InChI is InChI=1S/C16H24N4S/c1-5-7-14-19-15(17-6-2)12(4)16(20-14)18-10-13-9-8-11(3)21-13/h8-9H,5-7,10H2,1-4H3,(H2,17,18,19,20). The molecule has 0 radical (unpaired) electrons. The van der Waals surface area contributed by atoms with E-state index < -0.39 is 0 Å². The molecule has 0 aliphatic heterocycles. The van der Waals surface area contributed by atoms with Gasteiger partial charge in [-0.25, -0.2) is 9.97 Å². The molecule has 0 unspecified atom stereocenters. The Kier molecular flexibility index (Phi) is 5.56. The van der Waals surface area contributed by atoms with Gasteiger partial charge in [0.05, 0.1) is 6.54 Å². The lowest BCUT2D eigenvalue weighted by Gasteiger charge is -2.14. The molecular weight excluding hydrogens is 280 g/mol. The van der Waals surface area contributed by atoms with Crippen LogP contribution in [0.1, 0.15) is 41.4 Å². The zero-order valence-electron chi connectivity index (χ0n) is 13.3. The van der Waals surface area contributed by atoms with E-state index in [-0.39, 0.29) is 0 Å². The van der Waals surface area contributed by atoms with Crippen molar-refractivity contribution in [3.05, 3.63) is 33.3 Å². The van der Waals surface area contributed by atoms with Gasteiger partial charge < -0.3 is 10.6 Å². The SMILES string of the molecule is CCCc1nc(NCC)c(C)c(NCc2ccc(C)s2)n1. The van der Waals surface area contributed by atoms with Gasteiger partial charge in [-0.3, -0.25) is 0 Å². The number of anilines is 2. The molecule has 0 aliphatic carbocycles. The van der Waals surface area contributed by atoms with Crippen molar-refractivity contribution < 1.29 is 0 Å². The van der Waals surface area contributed by atoms with E-state index >= 15 is 0 Å². The van der Waals surface area contributed by atoms with Crippen molar-refractivity contribution in [1.29, 1.82) is 0 Å². The second-order valence-corrected chi connectivity index (χ2v) is 6.48. The number of hydrogen-bond donors (Lipinski definition) is 2. The van der Waals surface area contributed by atoms with Gasteiger partial charge in [0.1, 0.15) is 17.5 Å². The predicted molar refractivity (Wildman–Crippen MR) is 91.3 cm³/mol. The first-order chi connectivity index (χ1) is 10.1. The van der Waals surface area contributed by atoms with Crippen LogP contribution in [0.25, 0.3) is 0 Å². The van der Waals surface area contributed by atoms with Crippen molar-refractivity contribution in [2.24, 2.45) is 0 Å². The summed E-state index contributed by atoms with van der Waals surface area (Å²) in [6.07, 6.45) is 1.96. The molecule has 0 bridgehead atoms. The van der Waals surface area contributed by atoms with Crippen LogP contribution in [-0.2, 0) is 13.0 Å². The minimum atomic E-state index is 0.813. The number of nitrogens with one attached hydrogen (secondary N) is 2. The van der Waals surface area contributed by atoms with Crippen molar-refractivity contribution in [3.8, 4) is 0 Å². The number of hydrogen-bond acceptors (Lipinski definition) is 5. The predicted octanol–water partition coefficient (Wildman–Crippen LogP) is 4.15. The van der Waals surface area contributed by atoms with Crippen LogP contribution < -0.4 is 10.6 Å². The van der Waals surface area contributed by atoms with Crippen LogP contribution in [0.15, 0.2) is 12.1 Å². The zero-order valence-corrected chi connectivity index (χ0v) is 14.1. The minimum absolute atomic E-state index is 0.813. The van der Waals surface area contributed by atoms with Crippen LogP contribution in [0, 0.1) is 13.8 Å². The topological polar surface area (TPSA) is 49.8 Å². The Labute approximate surface area is 131 Å². The van der Waals surface area contributed by atoms with Gasteiger partial charge in [-0.05, 0) is 39.3 Å². The lowest BCUT2D eigenvalue weighted by Crippen LogP contribution is -2.11. The van der Waals surface area contributed by atoms with Crippen molar-refractivity contribution in [2.45, 2.75) is 47.1 Å². The first-order valence-corrected chi connectivity index (χ1v) is 8.36. The van der Waals surface area contributed by atoms with Gasteiger partial charge in [0.25, 0.3) is 0 Å². The van der Waals surface area contributed by atoms with E-state index in [2.05, 4.69) is 60.4 Å². The minimum Gasteiger partial charge on any atom is -0.370 e. The molecule has 2 rings (SSSR count). The van der Waals surface area contributed by atoms with Crippen LogP contribution in [0.2, 0.25) is 0 Å². The van der Waals surface area contributed by atoms with Gasteiger partial charge in [-0.2, -0.15) is 0 Å². The number of aromatic nitrogens is 2. The highest BCUT2D eigenvalue weighted by Gasteiger charge is 2.10. The lowest BCUT2D eigenvalue weighted by molar-refractivity contribution is 0.830. The van der Waals surface area contributed by atoms with E-state index in [9.17, 15) is 0 Å². The molecule has 2 aromatic heterocycles. The third kappa shape index (κ3) is 4.17. The summed E-state index contributed by atoms with van der Waals surface area (Å²) in [4.78, 5) is 11.9. The van der Waals surface area contributed by atoms with Crippen LogP contribution in [0.5, 0.6) is 0 Å². The monoisotopic (exact) mass is 304 g/mol. The van der Waals surface area contributed by atoms with E-state index in [1.807, 2.05) is 11.3 Å². The second kappa shape index (κ2) is 7.41. The molecule has 0 spiro atoms. The summed E-state index contributed by atoms with van der Waals surface area (Å²) in [6.45, 7) is 10.1. The quantitative estimate of drug-likeness (QED) is 0.806. The fraction of sp³-hybridized carbons (Fsp3) is 0.500. The maximum atomic E-state index is 4.67. The maximum Gasteiger partial charge on any atom is 0.135 e. The molecule has 2 heterocycles. The number of rotatable bonds is 7. The average Bonchev–Trinajstić information content (AvgIpc) is 2.87. The summed E-state index contributed by atoms with van der Waals surface area (Å²) in [5.74, 6) is 2.79. The van der Waals surface area contributed by atoms with Gasteiger partial charge in [0.15, 0.2) is 0 Å². The molecule has 2 aromatic rings. The normalized spacial score (nSPS) is 10.7. The average molecular weight is 304 g/mol. The first-order valence-electron chi connectivity index (χ1n) is 7.54. The highest BCUT2D eigenvalue weighted by atomic mass is 32.1. The molecule has 2 N–H and O–H groups in total. The Morgan fingerprint density at radius 3 is 2.33 bits per heavy atom. The van der Waals surface area contributed by atoms with Gasteiger partial charge in [-0.1, -0.05) is 6.92 Å². The fourth-order valence-corrected chi connectivity index (χ4v) is 2.99. The molecule has 0 aromatic carbocycles. The van der Waals surface area contributed by atoms with E-state index in [1.54, 1.807) is 0 Å². The van der Waals surface area contributed by atoms with E-state index in [0.29, 0.717) is 0 Å². The Balaban J connectivity index is 2.19. The summed E-state index contributed by atoms with van der Waals surface area (Å²) in [5.41, 5.74) is 1.09. The van der Waals surface area contributed by atoms with E-state index in [4.69, 9.17) is 0 Å². The highest BCUT2D eigenvalue weighted by molar-refractivity contribution is 7.11. The largest absolute Gasteiger partial charge is 0.370 e. The number of nitrogens with zero attached hydrogens (tertiary/aromatic N) is 2. The summed E-state index contributed by atoms with van der Waals surface area (Å²) in [6, 6.07) is 4.32. The van der Waals surface area contributed by atoms with Crippen molar-refractivity contribution in [2.75, 3.05) is 17.2 Å². The van der Waals surface area contributed by atoms with Crippen LogP contribution in [0.4, 0.5) is 11.6 Å². The second-order valence-electron chi connectivity index (χ2n) is 5.11. The number of thiophene rings is 1. The third-order valence-electron chi connectivity index (χ3n) is 3.24. The lowest BCUT2D eigenvalue weighted by atomic mass is 10.2. The van der Waals surface area contributed by atoms with Gasteiger partial charge in [-0.15, -0.1) is 11.3 Å². The van der Waals surface area contributed by atoms with Crippen molar-refractivity contribution >= 4 is 23.0 Å². The fourth-order valence-electron chi connectivity index (χ4n) is 2.16. The molecule has 114 valence electrons. The maximum absolute atomic E-state index is 4.67. The molecule has 0 saturated heterocycles. The molecule has 0 atom stereocenters. The Bertz CT molecular complexity index is 592. The number of aryl methyl sites for hydroxylation is 2. The van der Waals surface area contributed by atoms with Gasteiger partial charge in [0, 0.05) is 28.3 Å². The Hall–Kier alpha value is -1.62. The molecule has 0 fully saturated rings. The molecule has 21 heavy (non-hydrogen) atoms. The summed E-state index contributed by atoms with van der Waals surface area (Å²) in [5, 5.41) is 6.79. The smallest absolute Gasteiger partial charge is 0.135 e. The third-order valence-corrected chi connectivity index (χ3v) is 4.24. The van der Waals surface area contributed by atoms with Crippen LogP contribution in [0.3, 0.4) is 0 Å². The van der Waals surface area contributed by atoms with Crippen molar-refractivity contribution in [3.63, 3.8) is 0 Å². The van der Waals surface area contributed by atoms with Crippen molar-refractivity contribution in [1.82, 2.24) is 9.97 Å².